The molecule has 0 amide bonds. The summed E-state index contributed by atoms with van der Waals surface area (Å²) in [6.45, 7) is 0. The van der Waals surface area contributed by atoms with E-state index in [1.54, 1.807) is 0 Å². The van der Waals surface area contributed by atoms with Gasteiger partial charge in [-0.15, -0.1) is 0 Å². The van der Waals surface area contributed by atoms with Gasteiger partial charge < -0.3 is 4.42 Å². The van der Waals surface area contributed by atoms with Crippen LogP contribution >= 0.6 is 0 Å². The van der Waals surface area contributed by atoms with E-state index in [1.165, 1.54) is 37.9 Å². The maximum absolute atomic E-state index is 6.45. The Morgan fingerprint density at radius 1 is 0.291 bits per heavy atom. The van der Waals surface area contributed by atoms with Gasteiger partial charge in [-0.25, -0.2) is 15.0 Å². The largest absolute Gasteiger partial charge is 0.455 e. The quantitative estimate of drug-likeness (QED) is 0.168. The van der Waals surface area contributed by atoms with E-state index < -0.39 is 0 Å². The third kappa shape index (κ3) is 5.34. The molecule has 0 saturated carbocycles. The van der Waals surface area contributed by atoms with Gasteiger partial charge in [0.1, 0.15) is 11.2 Å². The highest BCUT2D eigenvalue weighted by Crippen LogP contribution is 2.38. The first-order valence-corrected chi connectivity index (χ1v) is 18.5. The third-order valence-corrected chi connectivity index (χ3v) is 10.7. The molecule has 0 atom stereocenters. The van der Waals surface area contributed by atoms with Crippen molar-refractivity contribution in [2.45, 2.75) is 0 Å². The highest BCUT2D eigenvalue weighted by atomic mass is 16.3. The summed E-state index contributed by atoms with van der Waals surface area (Å²) in [7, 11) is 0. The maximum Gasteiger partial charge on any atom is 0.167 e. The Bertz CT molecular complexity index is 3250. The van der Waals surface area contributed by atoms with E-state index >= 15 is 0 Å². The highest BCUT2D eigenvalue weighted by Gasteiger charge is 2.18. The van der Waals surface area contributed by atoms with Crippen molar-refractivity contribution in [3.63, 3.8) is 0 Å². The first-order chi connectivity index (χ1) is 27.2. The second kappa shape index (κ2) is 12.6. The molecule has 2 aromatic heterocycles. The second-order valence-corrected chi connectivity index (χ2v) is 14.0. The molecule has 0 bridgehead atoms. The normalized spacial score (nSPS) is 11.6. The van der Waals surface area contributed by atoms with Crippen LogP contribution in [0, 0.1) is 0 Å². The van der Waals surface area contributed by atoms with Crippen molar-refractivity contribution in [1.29, 1.82) is 0 Å². The molecule has 0 fully saturated rings. The Morgan fingerprint density at radius 2 is 0.836 bits per heavy atom. The van der Waals surface area contributed by atoms with Crippen LogP contribution in [0.5, 0.6) is 0 Å². The zero-order valence-electron chi connectivity index (χ0n) is 29.6. The average Bonchev–Trinajstić information content (AvgIpc) is 3.65. The molecule has 11 rings (SSSR count). The summed E-state index contributed by atoms with van der Waals surface area (Å²) >= 11 is 0. The van der Waals surface area contributed by atoms with Crippen molar-refractivity contribution in [3.8, 4) is 56.4 Å². The summed E-state index contributed by atoms with van der Waals surface area (Å²) in [4.78, 5) is 15.3. The van der Waals surface area contributed by atoms with Gasteiger partial charge >= 0.3 is 0 Å². The SMILES string of the molecule is c1ccc2cc(-c3ccc(-c4nc(-c5ccc(-c6cc7ccccc7c7ccccc67)cc5)nc(-c5cccc6c5oc5ccccc56)n4)cc3)ccc2c1. The smallest absolute Gasteiger partial charge is 0.167 e. The summed E-state index contributed by atoms with van der Waals surface area (Å²) in [5, 5.41) is 9.49. The molecule has 9 aromatic carbocycles. The minimum absolute atomic E-state index is 0.563. The number of para-hydroxylation sites is 2. The van der Waals surface area contributed by atoms with Crippen LogP contribution in [0.4, 0.5) is 0 Å². The zero-order chi connectivity index (χ0) is 36.3. The van der Waals surface area contributed by atoms with Gasteiger partial charge in [0, 0.05) is 21.9 Å². The van der Waals surface area contributed by atoms with Gasteiger partial charge in [0.15, 0.2) is 17.5 Å². The zero-order valence-corrected chi connectivity index (χ0v) is 29.6. The predicted molar refractivity (Wildman–Crippen MR) is 227 cm³/mol. The number of benzene rings is 9. The number of hydrogen-bond acceptors (Lipinski definition) is 4. The van der Waals surface area contributed by atoms with E-state index in [-0.39, 0.29) is 0 Å². The van der Waals surface area contributed by atoms with Crippen molar-refractivity contribution in [2.75, 3.05) is 0 Å². The first-order valence-electron chi connectivity index (χ1n) is 18.5. The molecule has 0 aliphatic carbocycles. The third-order valence-electron chi connectivity index (χ3n) is 10.7. The fraction of sp³-hybridized carbons (Fsp3) is 0. The molecule has 11 aromatic rings. The van der Waals surface area contributed by atoms with Crippen molar-refractivity contribution in [1.82, 2.24) is 15.0 Å². The summed E-state index contributed by atoms with van der Waals surface area (Å²) in [5.74, 6) is 1.76. The summed E-state index contributed by atoms with van der Waals surface area (Å²) in [6, 6.07) is 65.9. The molecule has 256 valence electrons. The molecule has 0 saturated heterocycles. The lowest BCUT2D eigenvalue weighted by Crippen LogP contribution is -2.00. The van der Waals surface area contributed by atoms with Gasteiger partial charge in [0.05, 0.1) is 5.56 Å². The van der Waals surface area contributed by atoms with Crippen molar-refractivity contribution in [2.24, 2.45) is 0 Å². The molecule has 2 heterocycles. The Kier molecular flexibility index (Phi) is 7.14. The Balaban J connectivity index is 1.04. The number of rotatable bonds is 5. The molecule has 4 nitrogen and oxygen atoms in total. The van der Waals surface area contributed by atoms with E-state index in [2.05, 4.69) is 158 Å². The van der Waals surface area contributed by atoms with Crippen molar-refractivity contribution < 1.29 is 4.42 Å². The molecule has 0 unspecified atom stereocenters. The van der Waals surface area contributed by atoms with Crippen LogP contribution in [0.2, 0.25) is 0 Å². The van der Waals surface area contributed by atoms with Crippen molar-refractivity contribution in [3.05, 3.63) is 188 Å². The number of aromatic nitrogens is 3. The lowest BCUT2D eigenvalue weighted by Gasteiger charge is -2.12. The fourth-order valence-electron chi connectivity index (χ4n) is 7.95. The Morgan fingerprint density at radius 3 is 1.60 bits per heavy atom. The van der Waals surface area contributed by atoms with Gasteiger partial charge in [-0.2, -0.15) is 0 Å². The van der Waals surface area contributed by atoms with Crippen LogP contribution in [-0.2, 0) is 0 Å². The van der Waals surface area contributed by atoms with Crippen LogP contribution in [-0.4, -0.2) is 15.0 Å². The van der Waals surface area contributed by atoms with E-state index in [1.807, 2.05) is 30.3 Å². The molecule has 0 aliphatic rings. The molecule has 55 heavy (non-hydrogen) atoms. The predicted octanol–water partition coefficient (Wildman–Crippen LogP) is 13.6. The van der Waals surface area contributed by atoms with E-state index in [9.17, 15) is 0 Å². The number of furan rings is 1. The van der Waals surface area contributed by atoms with Gasteiger partial charge in [0.2, 0.25) is 0 Å². The van der Waals surface area contributed by atoms with E-state index in [4.69, 9.17) is 19.4 Å². The molecule has 0 aliphatic heterocycles. The molecule has 0 N–H and O–H groups in total. The minimum Gasteiger partial charge on any atom is -0.455 e. The fourth-order valence-corrected chi connectivity index (χ4v) is 7.95. The standard InChI is InChI=1S/C51H31N3O/c1-2-11-37-30-38(29-22-32(37)10-1)33-20-25-35(26-21-33)49-52-50(54-51(53-49)45-18-9-17-44-43-16-7-8-19-47(43)55-48(44)45)36-27-23-34(24-28-36)46-31-39-12-3-4-13-40(39)41-14-5-6-15-42(41)46/h1-31H. The number of nitrogens with zero attached hydrogens (tertiary/aromatic N) is 3. The monoisotopic (exact) mass is 701 g/mol. The van der Waals surface area contributed by atoms with Crippen molar-refractivity contribution >= 4 is 54.3 Å². The number of hydrogen-bond donors (Lipinski definition) is 0. The molecule has 0 radical (unpaired) electrons. The molecule has 4 heteroatoms. The molecular formula is C51H31N3O. The number of fused-ring (bicyclic) bond motifs is 7. The topological polar surface area (TPSA) is 51.8 Å². The van der Waals surface area contributed by atoms with Gasteiger partial charge in [-0.05, 0) is 78.8 Å². The van der Waals surface area contributed by atoms with Crippen LogP contribution in [0.25, 0.3) is 111 Å². The first kappa shape index (κ1) is 31.1. The van der Waals surface area contributed by atoms with E-state index in [0.29, 0.717) is 17.5 Å². The van der Waals surface area contributed by atoms with E-state index in [0.717, 1.165) is 55.3 Å². The Labute approximate surface area is 317 Å². The van der Waals surface area contributed by atoms with Crippen LogP contribution in [0.1, 0.15) is 0 Å². The minimum atomic E-state index is 0.563. The summed E-state index contributed by atoms with van der Waals surface area (Å²) in [5.41, 5.74) is 8.86. The highest BCUT2D eigenvalue weighted by molar-refractivity contribution is 6.14. The maximum atomic E-state index is 6.45. The van der Waals surface area contributed by atoms with Crippen LogP contribution < -0.4 is 0 Å². The van der Waals surface area contributed by atoms with Crippen LogP contribution in [0.15, 0.2) is 192 Å². The second-order valence-electron chi connectivity index (χ2n) is 14.0. The van der Waals surface area contributed by atoms with Gasteiger partial charge in [-0.3, -0.25) is 0 Å². The Hall–Kier alpha value is -7.43. The molecule has 0 spiro atoms. The van der Waals surface area contributed by atoms with Gasteiger partial charge in [0.25, 0.3) is 0 Å². The van der Waals surface area contributed by atoms with Crippen LogP contribution in [0.3, 0.4) is 0 Å². The van der Waals surface area contributed by atoms with Gasteiger partial charge in [-0.1, -0.05) is 164 Å². The lowest BCUT2D eigenvalue weighted by molar-refractivity contribution is 0.669. The molecular weight excluding hydrogens is 671 g/mol. The average molecular weight is 702 g/mol. The summed E-state index contributed by atoms with van der Waals surface area (Å²) < 4.78 is 6.45. The lowest BCUT2D eigenvalue weighted by atomic mass is 9.93. The summed E-state index contributed by atoms with van der Waals surface area (Å²) in [6.07, 6.45) is 0.